The normalized spacial score (nSPS) is 11.1. The summed E-state index contributed by atoms with van der Waals surface area (Å²) >= 11 is 0. The molecule has 2 aromatic heterocycles. The van der Waals surface area contributed by atoms with Gasteiger partial charge in [-0.3, -0.25) is 0 Å². The van der Waals surface area contributed by atoms with Gasteiger partial charge in [0, 0.05) is 36.6 Å². The molecule has 0 saturated heterocycles. The Morgan fingerprint density at radius 1 is 0.720 bits per heavy atom. The molecule has 132 valence electrons. The van der Waals surface area contributed by atoms with Crippen molar-refractivity contribution in [2.24, 2.45) is 14.1 Å². The number of benzene rings is 2. The fraction of sp³-hybridized carbons (Fsp3) is 0.273. The van der Waals surface area contributed by atoms with E-state index in [1.165, 1.54) is 27.1 Å². The van der Waals surface area contributed by atoms with E-state index in [1.807, 2.05) is 0 Å². The molecule has 2 heterocycles. The number of hydrogen-bond acceptors (Lipinski definition) is 0. The average molecular weight is 351 g/mol. The van der Waals surface area contributed by atoms with Gasteiger partial charge in [0.15, 0.2) is 0 Å². The minimum absolute atomic E-state index is 0. The molecule has 4 aromatic rings. The third kappa shape index (κ3) is 3.88. The van der Waals surface area contributed by atoms with Crippen LogP contribution in [0, 0.1) is 0 Å². The van der Waals surface area contributed by atoms with Gasteiger partial charge >= 0.3 is 0 Å². The van der Waals surface area contributed by atoms with Crippen molar-refractivity contribution in [1.82, 2.24) is 9.13 Å². The Bertz CT molecular complexity index is 970. The monoisotopic (exact) mass is 350 g/mol. The Balaban J connectivity index is 0.000000182. The lowest BCUT2D eigenvalue weighted by Crippen LogP contribution is -2.41. The second-order valence-electron chi connectivity index (χ2n) is 7.38. The summed E-state index contributed by atoms with van der Waals surface area (Å²) < 4.78 is 4.47. The molecule has 2 nitrogen and oxygen atoms in total. The van der Waals surface area contributed by atoms with Gasteiger partial charge < -0.3 is 9.13 Å². The molecule has 0 aliphatic carbocycles. The molecule has 25 heavy (non-hydrogen) atoms. The molecule has 0 aliphatic rings. The van der Waals surface area contributed by atoms with Crippen molar-refractivity contribution in [3.8, 4) is 0 Å². The fourth-order valence-electron chi connectivity index (χ4n) is 3.23. The van der Waals surface area contributed by atoms with Crippen LogP contribution in [-0.4, -0.2) is 17.2 Å². The third-order valence-corrected chi connectivity index (χ3v) is 6.53. The number of hydrogen-bond donors (Lipinski definition) is 0. The molecule has 0 N–H and O–H groups in total. The first-order valence-electron chi connectivity index (χ1n) is 8.43. The number of fused-ring (bicyclic) bond motifs is 2. The van der Waals surface area contributed by atoms with Crippen LogP contribution in [0.5, 0.6) is 0 Å². The zero-order chi connectivity index (χ0) is 17.3. The van der Waals surface area contributed by atoms with E-state index in [1.54, 1.807) is 0 Å². The van der Waals surface area contributed by atoms with Crippen LogP contribution in [0.15, 0.2) is 66.9 Å². The highest BCUT2D eigenvalue weighted by Crippen LogP contribution is 2.15. The third-order valence-electron chi connectivity index (χ3n) is 4.51. The van der Waals surface area contributed by atoms with Gasteiger partial charge in [0.1, 0.15) is 0 Å². The molecule has 0 bridgehead atoms. The van der Waals surface area contributed by atoms with E-state index < -0.39 is 8.07 Å². The lowest BCUT2D eigenvalue weighted by molar-refractivity contribution is 0.969. The van der Waals surface area contributed by atoms with Gasteiger partial charge in [0.2, 0.25) is 0 Å². The van der Waals surface area contributed by atoms with Crippen LogP contribution >= 0.6 is 0 Å². The average Bonchev–Trinajstić information content (AvgIpc) is 3.10. The van der Waals surface area contributed by atoms with Crippen molar-refractivity contribution >= 4 is 35.2 Å². The van der Waals surface area contributed by atoms with Crippen LogP contribution in [-0.2, 0) is 14.1 Å². The highest BCUT2D eigenvalue weighted by molar-refractivity contribution is 6.88. The Hall–Kier alpha value is -2.26. The molecule has 0 amide bonds. The lowest BCUT2D eigenvalue weighted by atomic mass is 10.2. The summed E-state index contributed by atoms with van der Waals surface area (Å²) in [5.74, 6) is 0. The number of nitrogens with zero attached hydrogens (tertiary/aromatic N) is 2. The molecule has 3 heteroatoms. The van der Waals surface area contributed by atoms with Crippen molar-refractivity contribution < 1.29 is 0 Å². The van der Waals surface area contributed by atoms with E-state index in [0.29, 0.717) is 0 Å². The maximum Gasteiger partial charge on any atom is 0.0984 e. The molecule has 0 radical (unpaired) electrons. The van der Waals surface area contributed by atoms with Gasteiger partial charge in [-0.1, -0.05) is 63.5 Å². The van der Waals surface area contributed by atoms with Crippen LogP contribution in [0.2, 0.25) is 19.6 Å². The predicted octanol–water partition coefficient (Wildman–Crippen LogP) is 5.54. The van der Waals surface area contributed by atoms with Gasteiger partial charge in [-0.15, -0.1) is 0 Å². The first-order chi connectivity index (χ1) is 11.4. The van der Waals surface area contributed by atoms with Crippen LogP contribution in [0.25, 0.3) is 21.8 Å². The van der Waals surface area contributed by atoms with E-state index in [-0.39, 0.29) is 7.43 Å². The van der Waals surface area contributed by atoms with Crippen molar-refractivity contribution in [2.75, 3.05) is 0 Å². The van der Waals surface area contributed by atoms with Crippen LogP contribution < -0.4 is 5.32 Å². The van der Waals surface area contributed by atoms with Crippen LogP contribution in [0.1, 0.15) is 7.43 Å². The smallest absolute Gasteiger partial charge is 0.0984 e. The highest BCUT2D eigenvalue weighted by Gasteiger charge is 2.20. The predicted molar refractivity (Wildman–Crippen MR) is 116 cm³/mol. The van der Waals surface area contributed by atoms with Gasteiger partial charge in [-0.25, -0.2) is 0 Å². The minimum Gasteiger partial charge on any atom is -0.352 e. The molecule has 0 aliphatic heterocycles. The Morgan fingerprint density at radius 3 is 1.84 bits per heavy atom. The summed E-state index contributed by atoms with van der Waals surface area (Å²) in [6, 6.07) is 21.4. The fourth-order valence-corrected chi connectivity index (χ4v) is 4.95. The van der Waals surface area contributed by atoms with Gasteiger partial charge in [0.25, 0.3) is 0 Å². The molecule has 0 atom stereocenters. The first-order valence-corrected chi connectivity index (χ1v) is 11.9. The van der Waals surface area contributed by atoms with E-state index in [4.69, 9.17) is 0 Å². The summed E-state index contributed by atoms with van der Waals surface area (Å²) in [5, 5.41) is 4.20. The lowest BCUT2D eigenvalue weighted by Gasteiger charge is -2.17. The number of para-hydroxylation sites is 2. The minimum atomic E-state index is -1.20. The number of aryl methyl sites for hydroxylation is 2. The SMILES string of the molecule is C.Cn1c([Si](C)(C)C)cc2ccccc21.Cn1ccc2ccccc21. The van der Waals surface area contributed by atoms with Crippen molar-refractivity contribution in [3.05, 3.63) is 66.9 Å². The molecule has 0 spiro atoms. The van der Waals surface area contributed by atoms with Crippen LogP contribution in [0.4, 0.5) is 0 Å². The number of rotatable bonds is 1. The zero-order valence-corrected chi connectivity index (χ0v) is 16.2. The zero-order valence-electron chi connectivity index (χ0n) is 15.2. The van der Waals surface area contributed by atoms with Crippen molar-refractivity contribution in [3.63, 3.8) is 0 Å². The molecular formula is C22H30N2Si. The van der Waals surface area contributed by atoms with E-state index in [2.05, 4.69) is 110 Å². The molecular weight excluding hydrogens is 320 g/mol. The van der Waals surface area contributed by atoms with Crippen LogP contribution in [0.3, 0.4) is 0 Å². The standard InChI is InChI=1S/C12H17NSi.C9H9N.CH4/c1-13-11-8-6-5-7-10(11)9-12(13)14(2,3)4;1-10-7-6-8-4-2-3-5-9(8)10;/h5-9H,1-4H3;2-7H,1H3;1H4. The molecule has 2 aromatic carbocycles. The van der Waals surface area contributed by atoms with E-state index in [0.717, 1.165) is 0 Å². The summed E-state index contributed by atoms with van der Waals surface area (Å²) in [6.07, 6.45) is 2.07. The largest absolute Gasteiger partial charge is 0.352 e. The maximum absolute atomic E-state index is 2.39. The first kappa shape index (κ1) is 19.1. The Kier molecular flexibility index (Phi) is 5.58. The Labute approximate surface area is 152 Å². The van der Waals surface area contributed by atoms with Gasteiger partial charge in [-0.05, 0) is 35.0 Å². The molecule has 0 fully saturated rings. The molecule has 4 rings (SSSR count). The molecule has 0 saturated carbocycles. The van der Waals surface area contributed by atoms with E-state index in [9.17, 15) is 0 Å². The second kappa shape index (κ2) is 7.32. The van der Waals surface area contributed by atoms with Gasteiger partial charge in [-0.2, -0.15) is 0 Å². The Morgan fingerprint density at radius 2 is 1.28 bits per heavy atom. The molecule has 0 unspecified atom stereocenters. The summed E-state index contributed by atoms with van der Waals surface area (Å²) in [4.78, 5) is 0. The quantitative estimate of drug-likeness (QED) is 0.399. The summed E-state index contributed by atoms with van der Waals surface area (Å²) in [6.45, 7) is 7.17. The number of aromatic nitrogens is 2. The second-order valence-corrected chi connectivity index (χ2v) is 12.4. The summed E-state index contributed by atoms with van der Waals surface area (Å²) in [7, 11) is 3.04. The maximum atomic E-state index is 2.39. The van der Waals surface area contributed by atoms with Gasteiger partial charge in [0.05, 0.1) is 8.07 Å². The van der Waals surface area contributed by atoms with Crippen molar-refractivity contribution in [1.29, 1.82) is 0 Å². The topological polar surface area (TPSA) is 9.86 Å². The summed E-state index contributed by atoms with van der Waals surface area (Å²) in [5.41, 5.74) is 2.65. The highest BCUT2D eigenvalue weighted by atomic mass is 28.3. The van der Waals surface area contributed by atoms with Crippen molar-refractivity contribution in [2.45, 2.75) is 27.1 Å². The van der Waals surface area contributed by atoms with E-state index >= 15 is 0 Å².